The maximum atomic E-state index is 12.4. The third-order valence-electron chi connectivity index (χ3n) is 7.07. The number of pyridine rings is 1. The van der Waals surface area contributed by atoms with E-state index in [1.807, 2.05) is 25.1 Å². The van der Waals surface area contributed by atoms with Gasteiger partial charge < -0.3 is 10.6 Å². The zero-order valence-electron chi connectivity index (χ0n) is 18.0. The lowest BCUT2D eigenvalue weighted by Crippen LogP contribution is -2.41. The maximum Gasteiger partial charge on any atom is 0.249 e. The van der Waals surface area contributed by atoms with Gasteiger partial charge in [0.1, 0.15) is 5.82 Å². The third-order valence-corrected chi connectivity index (χ3v) is 7.89. The van der Waals surface area contributed by atoms with Gasteiger partial charge in [0, 0.05) is 29.9 Å². The Balaban J connectivity index is 1.43. The van der Waals surface area contributed by atoms with Gasteiger partial charge in [-0.3, -0.25) is 4.79 Å². The minimum atomic E-state index is -0.498. The summed E-state index contributed by atoms with van der Waals surface area (Å²) in [5, 5.41) is 0.831. The summed E-state index contributed by atoms with van der Waals surface area (Å²) in [4.78, 5) is 19.5. The molecule has 4 nitrogen and oxygen atoms in total. The molecule has 0 unspecified atom stereocenters. The molecule has 1 aliphatic heterocycles. The van der Waals surface area contributed by atoms with Gasteiger partial charge in [-0.25, -0.2) is 4.98 Å². The van der Waals surface area contributed by atoms with Crippen molar-refractivity contribution in [2.75, 3.05) is 18.0 Å². The van der Waals surface area contributed by atoms with Crippen molar-refractivity contribution >= 4 is 34.9 Å². The molecule has 6 heteroatoms. The molecule has 164 valence electrons. The number of nitrogens with zero attached hydrogens (tertiary/aromatic N) is 2. The highest BCUT2D eigenvalue weighted by Gasteiger charge is 2.40. The van der Waals surface area contributed by atoms with Crippen LogP contribution in [0.4, 0.5) is 5.82 Å². The second-order valence-electron chi connectivity index (χ2n) is 9.06. The number of hydrogen-bond acceptors (Lipinski definition) is 3. The van der Waals surface area contributed by atoms with E-state index in [9.17, 15) is 4.79 Å². The molecule has 0 bridgehead atoms. The zero-order chi connectivity index (χ0) is 22.5. The number of hydrogen-bond donors (Lipinski definition) is 1. The molecule has 2 aliphatic rings. The summed E-state index contributed by atoms with van der Waals surface area (Å²) in [6.45, 7) is 3.72. The Kier molecular flexibility index (Phi) is 5.39. The van der Waals surface area contributed by atoms with Crippen molar-refractivity contribution < 1.29 is 4.79 Å². The van der Waals surface area contributed by atoms with E-state index in [1.54, 1.807) is 6.07 Å². The predicted molar refractivity (Wildman–Crippen MR) is 131 cm³/mol. The van der Waals surface area contributed by atoms with Crippen LogP contribution < -0.4 is 10.6 Å². The van der Waals surface area contributed by atoms with E-state index in [1.165, 1.54) is 11.1 Å². The number of primary amides is 1. The van der Waals surface area contributed by atoms with Crippen molar-refractivity contribution in [2.45, 2.75) is 32.6 Å². The first-order valence-corrected chi connectivity index (χ1v) is 11.7. The van der Waals surface area contributed by atoms with Crippen molar-refractivity contribution in [1.82, 2.24) is 4.98 Å². The highest BCUT2D eigenvalue weighted by molar-refractivity contribution is 6.43. The zero-order valence-corrected chi connectivity index (χ0v) is 19.5. The lowest BCUT2D eigenvalue weighted by Gasteiger charge is -2.40. The first-order valence-electron chi connectivity index (χ1n) is 10.9. The van der Waals surface area contributed by atoms with E-state index in [0.717, 1.165) is 44.6 Å². The molecule has 2 heterocycles. The SMILES string of the molecule is Cc1nc(N2CCC3(CC2)Cc2ccccc2C3)cc(C(N)=O)c1-c1cccc(Cl)c1Cl. The van der Waals surface area contributed by atoms with Crippen molar-refractivity contribution in [1.29, 1.82) is 0 Å². The molecule has 32 heavy (non-hydrogen) atoms. The summed E-state index contributed by atoms with van der Waals surface area (Å²) in [5.74, 6) is 0.297. The van der Waals surface area contributed by atoms with Gasteiger partial charge in [0.2, 0.25) is 5.91 Å². The van der Waals surface area contributed by atoms with Crippen LogP contribution in [0, 0.1) is 12.3 Å². The number of fused-ring (bicyclic) bond motifs is 1. The van der Waals surface area contributed by atoms with Crippen LogP contribution in [0.3, 0.4) is 0 Å². The minimum Gasteiger partial charge on any atom is -0.366 e. The fourth-order valence-corrected chi connectivity index (χ4v) is 5.78. The molecule has 0 radical (unpaired) electrons. The first-order chi connectivity index (χ1) is 15.4. The molecule has 2 aromatic carbocycles. The molecule has 1 fully saturated rings. The molecule has 0 atom stereocenters. The fourth-order valence-electron chi connectivity index (χ4n) is 5.39. The number of aromatic nitrogens is 1. The number of halogens is 2. The second-order valence-corrected chi connectivity index (χ2v) is 9.85. The lowest BCUT2D eigenvalue weighted by molar-refractivity contribution is 0.100. The van der Waals surface area contributed by atoms with Gasteiger partial charge in [-0.1, -0.05) is 59.6 Å². The number of nitrogens with two attached hydrogens (primary N) is 1. The predicted octanol–water partition coefficient (Wildman–Crippen LogP) is 5.85. The Morgan fingerprint density at radius 3 is 2.31 bits per heavy atom. The van der Waals surface area contributed by atoms with Gasteiger partial charge in [0.05, 0.1) is 15.6 Å². The van der Waals surface area contributed by atoms with Gasteiger partial charge in [0.25, 0.3) is 0 Å². The van der Waals surface area contributed by atoms with Gasteiger partial charge in [-0.2, -0.15) is 0 Å². The molecule has 3 aromatic rings. The Hall–Kier alpha value is -2.56. The van der Waals surface area contributed by atoms with Crippen LogP contribution in [0.15, 0.2) is 48.5 Å². The van der Waals surface area contributed by atoms with Crippen molar-refractivity contribution in [2.24, 2.45) is 11.1 Å². The number of benzene rings is 2. The third kappa shape index (κ3) is 3.66. The highest BCUT2D eigenvalue weighted by Crippen LogP contribution is 2.45. The molecule has 2 N–H and O–H groups in total. The monoisotopic (exact) mass is 465 g/mol. The number of anilines is 1. The highest BCUT2D eigenvalue weighted by atomic mass is 35.5. The van der Waals surface area contributed by atoms with Crippen LogP contribution in [0.1, 0.15) is 40.0 Å². The van der Waals surface area contributed by atoms with Gasteiger partial charge in [0.15, 0.2) is 0 Å². The minimum absolute atomic E-state index is 0.343. The van der Waals surface area contributed by atoms with E-state index in [2.05, 4.69) is 29.2 Å². The fraction of sp³-hybridized carbons (Fsp3) is 0.308. The Bertz CT molecular complexity index is 1190. The number of rotatable bonds is 3. The average Bonchev–Trinajstić information content (AvgIpc) is 3.13. The van der Waals surface area contributed by atoms with E-state index in [4.69, 9.17) is 33.9 Å². The summed E-state index contributed by atoms with van der Waals surface area (Å²) in [5.41, 5.74) is 11.6. The molecule has 0 saturated carbocycles. The van der Waals surface area contributed by atoms with Crippen LogP contribution in [-0.2, 0) is 12.8 Å². The number of carbonyl (C=O) groups excluding carboxylic acids is 1. The molecular formula is C26H25Cl2N3O. The number of carbonyl (C=O) groups is 1. The molecule has 1 amide bonds. The van der Waals surface area contributed by atoms with E-state index in [-0.39, 0.29) is 0 Å². The number of aryl methyl sites for hydroxylation is 1. The van der Waals surface area contributed by atoms with E-state index < -0.39 is 5.91 Å². The molecule has 1 saturated heterocycles. The first kappa shape index (κ1) is 21.3. The summed E-state index contributed by atoms with van der Waals surface area (Å²) in [6.07, 6.45) is 4.52. The van der Waals surface area contributed by atoms with Gasteiger partial charge in [-0.15, -0.1) is 0 Å². The van der Waals surface area contributed by atoms with Crippen molar-refractivity contribution in [3.8, 4) is 11.1 Å². The average molecular weight is 466 g/mol. The van der Waals surface area contributed by atoms with Crippen LogP contribution in [0.5, 0.6) is 0 Å². The van der Waals surface area contributed by atoms with Gasteiger partial charge in [-0.05, 0) is 61.3 Å². The molecular weight excluding hydrogens is 441 g/mol. The maximum absolute atomic E-state index is 12.4. The second kappa shape index (κ2) is 8.09. The van der Waals surface area contributed by atoms with Gasteiger partial charge >= 0.3 is 0 Å². The summed E-state index contributed by atoms with van der Waals surface area (Å²) >= 11 is 12.7. The van der Waals surface area contributed by atoms with E-state index >= 15 is 0 Å². The van der Waals surface area contributed by atoms with Crippen LogP contribution >= 0.6 is 23.2 Å². The van der Waals surface area contributed by atoms with Crippen LogP contribution in [0.25, 0.3) is 11.1 Å². The number of amides is 1. The molecule has 1 aromatic heterocycles. The Morgan fingerprint density at radius 2 is 1.69 bits per heavy atom. The van der Waals surface area contributed by atoms with Crippen molar-refractivity contribution in [3.05, 3.63) is 81.0 Å². The Labute approximate surface area is 198 Å². The molecule has 1 aliphatic carbocycles. The molecule has 5 rings (SSSR count). The number of piperidine rings is 1. The largest absolute Gasteiger partial charge is 0.366 e. The van der Waals surface area contributed by atoms with Crippen LogP contribution in [-0.4, -0.2) is 24.0 Å². The summed E-state index contributed by atoms with van der Waals surface area (Å²) < 4.78 is 0. The van der Waals surface area contributed by atoms with E-state index in [0.29, 0.717) is 37.8 Å². The smallest absolute Gasteiger partial charge is 0.249 e. The normalized spacial score (nSPS) is 16.9. The standard InChI is InChI=1S/C26H25Cl2N3O/c1-16-23(19-7-4-8-21(27)24(19)28)20(25(29)32)13-22(30-16)31-11-9-26(10-12-31)14-17-5-2-3-6-18(17)15-26/h2-8,13H,9-12,14-15H2,1H3,(H2,29,32). The lowest BCUT2D eigenvalue weighted by atomic mass is 9.76. The Morgan fingerprint density at radius 1 is 1.03 bits per heavy atom. The van der Waals surface area contributed by atoms with Crippen LogP contribution in [0.2, 0.25) is 10.0 Å². The summed E-state index contributed by atoms with van der Waals surface area (Å²) in [7, 11) is 0. The van der Waals surface area contributed by atoms with Crippen molar-refractivity contribution in [3.63, 3.8) is 0 Å². The topological polar surface area (TPSA) is 59.2 Å². The summed E-state index contributed by atoms with van der Waals surface area (Å²) in [6, 6.07) is 16.0. The quantitative estimate of drug-likeness (QED) is 0.527. The molecule has 1 spiro atoms.